The lowest BCUT2D eigenvalue weighted by Crippen LogP contribution is -2.30. The molecular formula is C126H81BBrClN10O2S4. The normalized spacial score (nSPS) is 11.4. The van der Waals surface area contributed by atoms with Gasteiger partial charge in [0.15, 0.2) is 29.1 Å². The fourth-order valence-electron chi connectivity index (χ4n) is 19.9. The molecule has 30 aromatic rings. The van der Waals surface area contributed by atoms with Gasteiger partial charge >= 0.3 is 7.12 Å². The Balaban J connectivity index is 0.0000000956. The minimum absolute atomic E-state index is 0.202. The fourth-order valence-corrected chi connectivity index (χ4v) is 25.0. The number of thiophene rings is 4. The summed E-state index contributed by atoms with van der Waals surface area (Å²) in [7, 11) is -1.53. The van der Waals surface area contributed by atoms with Crippen LogP contribution >= 0.6 is 72.9 Å². The molecule has 19 heteroatoms. The highest BCUT2D eigenvalue weighted by Crippen LogP contribution is 2.46. The van der Waals surface area contributed by atoms with Crippen LogP contribution in [-0.4, -0.2) is 65.8 Å². The van der Waals surface area contributed by atoms with E-state index in [9.17, 15) is 10.0 Å². The van der Waals surface area contributed by atoms with Crippen LogP contribution in [0.3, 0.4) is 0 Å². The van der Waals surface area contributed by atoms with Gasteiger partial charge in [0.25, 0.3) is 0 Å². The van der Waals surface area contributed by atoms with Crippen molar-refractivity contribution in [3.8, 4) is 74.0 Å². The van der Waals surface area contributed by atoms with Gasteiger partial charge in [-0.3, -0.25) is 0 Å². The number of fused-ring (bicyclic) bond motifs is 24. The molecule has 0 atom stereocenters. The quantitative estimate of drug-likeness (QED) is 0.121. The summed E-state index contributed by atoms with van der Waals surface area (Å²) in [5, 5.41) is 40.6. The van der Waals surface area contributed by atoms with Crippen LogP contribution < -0.4 is 5.46 Å². The number of halogens is 2. The fraction of sp³-hybridized carbons (Fsp3) is 0. The first kappa shape index (κ1) is 89.6. The van der Waals surface area contributed by atoms with Crippen LogP contribution in [0.25, 0.3) is 242 Å². The van der Waals surface area contributed by atoms with E-state index in [1.54, 1.807) is 22.7 Å². The molecule has 688 valence electrons. The third-order valence-corrected chi connectivity index (χ3v) is 31.9. The van der Waals surface area contributed by atoms with Crippen molar-refractivity contribution < 1.29 is 10.0 Å². The SMILES string of the molecule is Brc1ccc2sc3ccccc3c2c1.Clc1nc(-c2ccccc2)nc(-c2ccccc2)n1.OB(O)c1cc(-n2c3ccccc3c3ccccc32)cc2c1sc1ccccc12.c1ccc(-c2nc(-c3ccccc3)nc(-c3cc(-n4c5ccccc5c5ccccc54)cc4c3sc3ccccc34)n2)cc1.c1ccc2c(c1)[nH]c1ccccc12.c1ccc2c(c1)sc1ccc(-n3c4ccccc4c4ccccc43)cc12. The van der Waals surface area contributed by atoms with Crippen LogP contribution in [0, 0.1) is 0 Å². The maximum atomic E-state index is 10.1. The molecule has 0 aliphatic carbocycles. The predicted molar refractivity (Wildman–Crippen MR) is 619 cm³/mol. The Labute approximate surface area is 861 Å². The minimum Gasteiger partial charge on any atom is -0.423 e. The van der Waals surface area contributed by atoms with Gasteiger partial charge < -0.3 is 28.7 Å². The van der Waals surface area contributed by atoms with Crippen molar-refractivity contribution in [2.24, 2.45) is 0 Å². The van der Waals surface area contributed by atoms with Gasteiger partial charge in [0, 0.05) is 190 Å². The van der Waals surface area contributed by atoms with Crippen molar-refractivity contribution in [1.82, 2.24) is 48.6 Å². The molecule has 3 N–H and O–H groups in total. The predicted octanol–water partition coefficient (Wildman–Crippen LogP) is 34.3. The van der Waals surface area contributed by atoms with Gasteiger partial charge in [0.1, 0.15) is 0 Å². The molecule has 0 bridgehead atoms. The third-order valence-electron chi connectivity index (χ3n) is 26.5. The smallest absolute Gasteiger partial charge is 0.423 e. The molecule has 0 aliphatic rings. The second-order valence-corrected chi connectivity index (χ2v) is 40.7. The molecule has 0 amide bonds. The summed E-state index contributed by atoms with van der Waals surface area (Å²) < 4.78 is 18.0. The number of nitrogens with one attached hydrogen (secondary N) is 1. The van der Waals surface area contributed by atoms with E-state index in [1.807, 2.05) is 150 Å². The zero-order valence-electron chi connectivity index (χ0n) is 77.4. The largest absolute Gasteiger partial charge is 0.489 e. The van der Waals surface area contributed by atoms with Crippen LogP contribution in [0.4, 0.5) is 0 Å². The Morgan fingerprint density at radius 1 is 0.228 bits per heavy atom. The van der Waals surface area contributed by atoms with E-state index in [0.717, 1.165) is 74.9 Å². The van der Waals surface area contributed by atoms with Crippen molar-refractivity contribution in [3.05, 3.63) is 483 Å². The van der Waals surface area contributed by atoms with Crippen molar-refractivity contribution in [3.63, 3.8) is 0 Å². The summed E-state index contributed by atoms with van der Waals surface area (Å²) in [4.78, 5) is 31.4. The summed E-state index contributed by atoms with van der Waals surface area (Å²) >= 11 is 16.6. The summed E-state index contributed by atoms with van der Waals surface area (Å²) in [6.45, 7) is 0. The van der Waals surface area contributed by atoms with Crippen molar-refractivity contribution in [2.75, 3.05) is 0 Å². The number of hydrogen-bond acceptors (Lipinski definition) is 12. The molecule has 10 aromatic heterocycles. The average Bonchev–Trinajstić information content (AvgIpc) is 1.58. The third kappa shape index (κ3) is 17.1. The number of para-hydroxylation sites is 8. The van der Waals surface area contributed by atoms with Crippen LogP contribution in [0.1, 0.15) is 0 Å². The van der Waals surface area contributed by atoms with E-state index in [2.05, 4.69) is 395 Å². The lowest BCUT2D eigenvalue weighted by atomic mass is 9.79. The van der Waals surface area contributed by atoms with E-state index in [-0.39, 0.29) is 5.28 Å². The summed E-state index contributed by atoms with van der Waals surface area (Å²) in [6, 6.07) is 164. The number of benzene rings is 20. The Morgan fingerprint density at radius 2 is 0.503 bits per heavy atom. The molecule has 20 aromatic carbocycles. The minimum atomic E-state index is -1.53. The zero-order valence-corrected chi connectivity index (χ0v) is 83.0. The van der Waals surface area contributed by atoms with Crippen molar-refractivity contribution in [1.29, 1.82) is 0 Å². The summed E-state index contributed by atoms with van der Waals surface area (Å²) in [6.07, 6.45) is 0. The highest BCUT2D eigenvalue weighted by Gasteiger charge is 2.26. The monoisotopic (exact) mass is 2020 g/mol. The number of nitrogens with zero attached hydrogens (tertiary/aromatic N) is 9. The highest BCUT2D eigenvalue weighted by molar-refractivity contribution is 9.10. The number of rotatable bonds is 9. The second kappa shape index (κ2) is 38.9. The Morgan fingerprint density at radius 3 is 0.897 bits per heavy atom. The number of aromatic amines is 1. The topological polar surface area (TPSA) is 148 Å². The zero-order chi connectivity index (χ0) is 97.0. The van der Waals surface area contributed by atoms with Crippen LogP contribution in [0.15, 0.2) is 478 Å². The molecule has 145 heavy (non-hydrogen) atoms. The van der Waals surface area contributed by atoms with Crippen LogP contribution in [-0.2, 0) is 0 Å². The van der Waals surface area contributed by atoms with Gasteiger partial charge in [-0.2, -0.15) is 9.97 Å². The Kier molecular flexibility index (Phi) is 24.1. The first-order valence-electron chi connectivity index (χ1n) is 47.6. The molecule has 0 fully saturated rings. The van der Waals surface area contributed by atoms with E-state index in [4.69, 9.17) is 26.6 Å². The lowest BCUT2D eigenvalue weighted by molar-refractivity contribution is 0.426. The van der Waals surface area contributed by atoms with Gasteiger partial charge in [-0.15, -0.1) is 45.3 Å². The molecule has 0 spiro atoms. The Bertz CT molecular complexity index is 9840. The maximum absolute atomic E-state index is 10.1. The van der Waals surface area contributed by atoms with Gasteiger partial charge in [-0.1, -0.05) is 356 Å². The molecule has 10 heterocycles. The first-order chi connectivity index (χ1) is 71.6. The second-order valence-electron chi connectivity index (χ2n) is 35.2. The van der Waals surface area contributed by atoms with Gasteiger partial charge in [-0.25, -0.2) is 19.9 Å². The van der Waals surface area contributed by atoms with Gasteiger partial charge in [0.2, 0.25) is 5.28 Å². The van der Waals surface area contributed by atoms with Gasteiger partial charge in [0.05, 0.1) is 33.1 Å². The van der Waals surface area contributed by atoms with Gasteiger partial charge in [-0.05, 0) is 145 Å². The molecule has 0 unspecified atom stereocenters. The van der Waals surface area contributed by atoms with E-state index in [1.165, 1.54) is 142 Å². The standard InChI is InChI=1S/C39H24N4S.C24H16BNO2S.C24H15NS.C15H10ClN3.C12H7BrS.C12H9N/c1-3-13-25(14-4-1)37-40-38(26-15-5-2-6-16-26)42-39(41-37)32-24-27(23-31-30-19-9-12-22-35(30)44-36(31)32)43-33-20-10-7-17-28(33)29-18-8-11-21-34(29)43;27-25(28)20-14-15(13-19-18-9-3-6-12-23(18)29-24(19)20)26-21-10-4-1-7-16(21)17-8-2-5-11-22(17)26;1-4-10-21-17(7-1)18-8-2-5-11-22(18)25(21)16-13-14-24-20(15-16)19-9-3-6-12-23(19)26-24;16-15-18-13(11-7-3-1-4-8-11)17-14(19-15)12-9-5-2-6-10-12;13-8-5-6-12-10(7-8)9-3-1-2-4-11(9)14-12;1-3-7-11-9(5-1)10-6-2-4-8-12(10)13-11/h1-24H;1-14,27-28H;1-15H;1-10H;1-7H;1-8,13H. The molecule has 30 rings (SSSR count). The summed E-state index contributed by atoms with van der Waals surface area (Å²) in [5.41, 5.74) is 18.0. The average molecular weight is 2020 g/mol. The van der Waals surface area contributed by atoms with E-state index in [0.29, 0.717) is 34.6 Å². The molecular weight excluding hydrogens is 1940 g/mol. The van der Waals surface area contributed by atoms with E-state index < -0.39 is 7.12 Å². The molecule has 0 saturated carbocycles. The molecule has 12 nitrogen and oxygen atoms in total. The Hall–Kier alpha value is -16.7. The summed E-state index contributed by atoms with van der Waals surface area (Å²) in [5.74, 6) is 3.15. The van der Waals surface area contributed by atoms with Crippen molar-refractivity contribution in [2.45, 2.75) is 0 Å². The van der Waals surface area contributed by atoms with Crippen LogP contribution in [0.2, 0.25) is 5.28 Å². The number of aromatic nitrogens is 10. The van der Waals surface area contributed by atoms with E-state index >= 15 is 0 Å². The van der Waals surface area contributed by atoms with Crippen LogP contribution in [0.5, 0.6) is 0 Å². The highest BCUT2D eigenvalue weighted by atomic mass is 79.9. The molecule has 0 radical (unpaired) electrons. The van der Waals surface area contributed by atoms with Crippen molar-refractivity contribution >= 4 is 253 Å². The maximum Gasteiger partial charge on any atom is 0.489 e. The first-order valence-corrected chi connectivity index (χ1v) is 52.1. The number of H-pyrrole nitrogens is 1. The molecule has 0 aliphatic heterocycles. The molecule has 0 saturated heterocycles. The number of hydrogen-bond donors (Lipinski definition) is 3. The lowest BCUT2D eigenvalue weighted by Gasteiger charge is -2.13.